The first-order valence-electron chi connectivity index (χ1n) is 8.50. The normalized spacial score (nSPS) is 10.4. The Labute approximate surface area is 149 Å². The lowest BCUT2D eigenvalue weighted by molar-refractivity contribution is -0.114. The maximum atomic E-state index is 12.2. The number of ether oxygens (including phenoxy) is 2. The van der Waals surface area contributed by atoms with Crippen LogP contribution in [0.5, 0.6) is 5.75 Å². The van der Waals surface area contributed by atoms with Crippen LogP contribution in [0.1, 0.15) is 18.1 Å². The minimum Gasteiger partial charge on any atom is -0.489 e. The minimum atomic E-state index is -0.125. The van der Waals surface area contributed by atoms with Crippen LogP contribution in [0.25, 0.3) is 0 Å². The summed E-state index contributed by atoms with van der Waals surface area (Å²) in [5.41, 5.74) is 3.92. The number of benzene rings is 2. The molecule has 25 heavy (non-hydrogen) atoms. The number of carbonyl (C=O) groups excluding carboxylic acids is 1. The van der Waals surface area contributed by atoms with E-state index < -0.39 is 0 Å². The zero-order chi connectivity index (χ0) is 18.1. The topological polar surface area (TPSA) is 59.6 Å². The molecule has 5 nitrogen and oxygen atoms in total. The number of hydrogen-bond acceptors (Lipinski definition) is 4. The van der Waals surface area contributed by atoms with E-state index in [0.717, 1.165) is 16.8 Å². The quantitative estimate of drug-likeness (QED) is 0.681. The molecule has 5 heteroatoms. The van der Waals surface area contributed by atoms with Gasteiger partial charge in [-0.25, -0.2) is 0 Å². The third-order valence-electron chi connectivity index (χ3n) is 3.53. The van der Waals surface area contributed by atoms with Gasteiger partial charge < -0.3 is 20.1 Å². The van der Waals surface area contributed by atoms with E-state index in [1.807, 2.05) is 57.2 Å². The first kappa shape index (κ1) is 18.8. The van der Waals surface area contributed by atoms with Crippen molar-refractivity contribution in [2.75, 3.05) is 37.0 Å². The molecule has 2 aromatic rings. The Morgan fingerprint density at radius 3 is 2.48 bits per heavy atom. The lowest BCUT2D eigenvalue weighted by Crippen LogP contribution is -2.22. The van der Waals surface area contributed by atoms with Gasteiger partial charge in [0.25, 0.3) is 0 Å². The second-order valence-electron chi connectivity index (χ2n) is 5.82. The number of amides is 1. The van der Waals surface area contributed by atoms with Crippen LogP contribution in [0, 0.1) is 13.8 Å². The van der Waals surface area contributed by atoms with Crippen LogP contribution in [0.2, 0.25) is 0 Å². The Morgan fingerprint density at radius 2 is 1.76 bits per heavy atom. The van der Waals surface area contributed by atoms with E-state index >= 15 is 0 Å². The Morgan fingerprint density at radius 1 is 1.04 bits per heavy atom. The summed E-state index contributed by atoms with van der Waals surface area (Å²) >= 11 is 0. The fourth-order valence-corrected chi connectivity index (χ4v) is 2.50. The Hall–Kier alpha value is -2.53. The molecule has 0 atom stereocenters. The first-order chi connectivity index (χ1) is 12.1. The standard InChI is InChI=1S/C20H26N2O3/c1-4-24-9-10-25-19-8-6-5-7-18(19)22-20(23)14-21-17-12-15(2)11-16(3)13-17/h5-8,11-13,21H,4,9-10,14H2,1-3H3,(H,22,23). The third-order valence-corrected chi connectivity index (χ3v) is 3.53. The van der Waals surface area contributed by atoms with E-state index in [1.54, 1.807) is 0 Å². The van der Waals surface area contributed by atoms with Crippen LogP contribution in [0.15, 0.2) is 42.5 Å². The van der Waals surface area contributed by atoms with E-state index in [9.17, 15) is 4.79 Å². The average molecular weight is 342 g/mol. The van der Waals surface area contributed by atoms with E-state index in [-0.39, 0.29) is 12.5 Å². The van der Waals surface area contributed by atoms with Crippen LogP contribution >= 0.6 is 0 Å². The van der Waals surface area contributed by atoms with Crippen molar-refractivity contribution in [2.45, 2.75) is 20.8 Å². The fourth-order valence-electron chi connectivity index (χ4n) is 2.50. The molecule has 0 radical (unpaired) electrons. The molecule has 0 spiro atoms. The number of para-hydroxylation sites is 2. The smallest absolute Gasteiger partial charge is 0.243 e. The highest BCUT2D eigenvalue weighted by molar-refractivity contribution is 5.95. The molecule has 0 saturated carbocycles. The van der Waals surface area contributed by atoms with E-state index in [1.165, 1.54) is 0 Å². The van der Waals surface area contributed by atoms with Gasteiger partial charge in [0.2, 0.25) is 5.91 Å². The lowest BCUT2D eigenvalue weighted by Gasteiger charge is -2.13. The summed E-state index contributed by atoms with van der Waals surface area (Å²) in [6.07, 6.45) is 0. The van der Waals surface area contributed by atoms with Crippen molar-refractivity contribution in [3.8, 4) is 5.75 Å². The van der Waals surface area contributed by atoms with Crippen molar-refractivity contribution in [1.82, 2.24) is 0 Å². The van der Waals surface area contributed by atoms with Crippen LogP contribution in [-0.4, -0.2) is 32.3 Å². The van der Waals surface area contributed by atoms with Crippen LogP contribution in [0.4, 0.5) is 11.4 Å². The van der Waals surface area contributed by atoms with Crippen molar-refractivity contribution in [2.24, 2.45) is 0 Å². The van der Waals surface area contributed by atoms with Gasteiger partial charge in [-0.05, 0) is 56.2 Å². The van der Waals surface area contributed by atoms with Crippen molar-refractivity contribution in [1.29, 1.82) is 0 Å². The molecule has 0 aliphatic rings. The SMILES string of the molecule is CCOCCOc1ccccc1NC(=O)CNc1cc(C)cc(C)c1. The number of anilines is 2. The average Bonchev–Trinajstić information content (AvgIpc) is 2.57. The summed E-state index contributed by atoms with van der Waals surface area (Å²) in [6, 6.07) is 13.5. The molecule has 134 valence electrons. The number of hydrogen-bond donors (Lipinski definition) is 2. The summed E-state index contributed by atoms with van der Waals surface area (Å²) in [6.45, 7) is 7.83. The maximum absolute atomic E-state index is 12.2. The van der Waals surface area contributed by atoms with Gasteiger partial charge in [0.1, 0.15) is 12.4 Å². The molecule has 2 rings (SSSR count). The van der Waals surface area contributed by atoms with Gasteiger partial charge in [-0.15, -0.1) is 0 Å². The number of aryl methyl sites for hydroxylation is 2. The Balaban J connectivity index is 1.89. The lowest BCUT2D eigenvalue weighted by atomic mass is 10.1. The van der Waals surface area contributed by atoms with Gasteiger partial charge in [-0.1, -0.05) is 18.2 Å². The van der Waals surface area contributed by atoms with Gasteiger partial charge in [0.15, 0.2) is 0 Å². The zero-order valence-electron chi connectivity index (χ0n) is 15.1. The number of carbonyl (C=O) groups is 1. The maximum Gasteiger partial charge on any atom is 0.243 e. The monoisotopic (exact) mass is 342 g/mol. The molecule has 2 aromatic carbocycles. The molecule has 0 bridgehead atoms. The molecule has 0 fully saturated rings. The Kier molecular flexibility index (Phi) is 7.29. The second-order valence-corrected chi connectivity index (χ2v) is 5.82. The molecule has 1 amide bonds. The van der Waals surface area contributed by atoms with Gasteiger partial charge in [0, 0.05) is 12.3 Å². The van der Waals surface area contributed by atoms with Crippen molar-refractivity contribution in [3.05, 3.63) is 53.6 Å². The van der Waals surface area contributed by atoms with E-state index in [0.29, 0.717) is 31.3 Å². The molecule has 0 unspecified atom stereocenters. The van der Waals surface area contributed by atoms with Crippen molar-refractivity contribution >= 4 is 17.3 Å². The third kappa shape index (κ3) is 6.47. The summed E-state index contributed by atoms with van der Waals surface area (Å²) in [5, 5.41) is 6.04. The van der Waals surface area contributed by atoms with Crippen molar-refractivity contribution in [3.63, 3.8) is 0 Å². The van der Waals surface area contributed by atoms with Crippen LogP contribution in [-0.2, 0) is 9.53 Å². The van der Waals surface area contributed by atoms with Gasteiger partial charge in [-0.2, -0.15) is 0 Å². The van der Waals surface area contributed by atoms with Gasteiger partial charge in [-0.3, -0.25) is 4.79 Å². The van der Waals surface area contributed by atoms with Gasteiger partial charge in [0.05, 0.1) is 18.8 Å². The minimum absolute atomic E-state index is 0.125. The highest BCUT2D eigenvalue weighted by atomic mass is 16.5. The van der Waals surface area contributed by atoms with Gasteiger partial charge >= 0.3 is 0 Å². The second kappa shape index (κ2) is 9.69. The molecule has 0 saturated heterocycles. The highest BCUT2D eigenvalue weighted by Crippen LogP contribution is 2.23. The predicted octanol–water partition coefficient (Wildman–Crippen LogP) is 3.77. The fraction of sp³-hybridized carbons (Fsp3) is 0.350. The first-order valence-corrected chi connectivity index (χ1v) is 8.50. The molecular formula is C20H26N2O3. The molecule has 0 aromatic heterocycles. The van der Waals surface area contributed by atoms with E-state index in [2.05, 4.69) is 16.7 Å². The molecule has 2 N–H and O–H groups in total. The largest absolute Gasteiger partial charge is 0.489 e. The molecular weight excluding hydrogens is 316 g/mol. The summed E-state index contributed by atoms with van der Waals surface area (Å²) < 4.78 is 10.9. The number of nitrogens with one attached hydrogen (secondary N) is 2. The number of rotatable bonds is 9. The van der Waals surface area contributed by atoms with Crippen LogP contribution < -0.4 is 15.4 Å². The summed E-state index contributed by atoms with van der Waals surface area (Å²) in [4.78, 5) is 12.2. The van der Waals surface area contributed by atoms with Crippen molar-refractivity contribution < 1.29 is 14.3 Å². The molecule has 0 aliphatic heterocycles. The summed E-state index contributed by atoms with van der Waals surface area (Å²) in [5.74, 6) is 0.516. The highest BCUT2D eigenvalue weighted by Gasteiger charge is 2.08. The Bertz CT molecular complexity index is 681. The predicted molar refractivity (Wildman–Crippen MR) is 101 cm³/mol. The van der Waals surface area contributed by atoms with Crippen LogP contribution in [0.3, 0.4) is 0 Å². The molecule has 0 heterocycles. The zero-order valence-corrected chi connectivity index (χ0v) is 15.1. The summed E-state index contributed by atoms with van der Waals surface area (Å²) in [7, 11) is 0. The van der Waals surface area contributed by atoms with E-state index in [4.69, 9.17) is 9.47 Å². The molecule has 0 aliphatic carbocycles.